The predicted octanol–water partition coefficient (Wildman–Crippen LogP) is 2.20. The summed E-state index contributed by atoms with van der Waals surface area (Å²) in [5.74, 6) is 0.628. The fourth-order valence-corrected chi connectivity index (χ4v) is 3.12. The zero-order chi connectivity index (χ0) is 14.1. The number of piperidine rings is 1. The van der Waals surface area contributed by atoms with Crippen LogP contribution in [0, 0.1) is 12.8 Å². The van der Waals surface area contributed by atoms with Gasteiger partial charge in [0, 0.05) is 31.5 Å². The van der Waals surface area contributed by atoms with Gasteiger partial charge < -0.3 is 10.1 Å². The van der Waals surface area contributed by atoms with Crippen LogP contribution in [0.2, 0.25) is 0 Å². The number of fused-ring (bicyclic) bond motifs is 1. The molecule has 0 radical (unpaired) electrons. The number of imidazole rings is 1. The summed E-state index contributed by atoms with van der Waals surface area (Å²) in [6, 6.07) is 4.49. The van der Waals surface area contributed by atoms with Crippen LogP contribution in [0.1, 0.15) is 31.0 Å². The van der Waals surface area contributed by atoms with Crippen LogP contribution in [-0.2, 0) is 6.54 Å². The van der Waals surface area contributed by atoms with E-state index in [1.807, 2.05) is 0 Å². The van der Waals surface area contributed by atoms with Crippen LogP contribution < -0.4 is 5.73 Å². The number of hydrogen-bond donors (Lipinski definition) is 1. The summed E-state index contributed by atoms with van der Waals surface area (Å²) in [5, 5.41) is 0. The molecule has 2 aromatic rings. The van der Waals surface area contributed by atoms with Crippen molar-refractivity contribution in [3.05, 3.63) is 35.8 Å². The van der Waals surface area contributed by atoms with Gasteiger partial charge in [-0.15, -0.1) is 0 Å². The van der Waals surface area contributed by atoms with Crippen molar-refractivity contribution in [2.75, 3.05) is 13.1 Å². The zero-order valence-electron chi connectivity index (χ0n) is 12.4. The highest BCUT2D eigenvalue weighted by molar-refractivity contribution is 5.41. The number of nitrogens with two attached hydrogens (primary N) is 1. The van der Waals surface area contributed by atoms with Gasteiger partial charge in [0.15, 0.2) is 0 Å². The molecule has 0 aliphatic carbocycles. The number of aryl methyl sites for hydroxylation is 1. The average Bonchev–Trinajstić information content (AvgIpc) is 2.80. The standard InChI is InChI=1S/C16H24N4/c1-12-5-6-16-18-15(11-20(16)8-12)10-19-7-3-4-14(9-19)13(2)17/h5-6,8,11,13-14H,3-4,7,9-10,17H2,1-2H3. The maximum atomic E-state index is 6.05. The minimum atomic E-state index is 0.293. The van der Waals surface area contributed by atoms with Crippen LogP contribution >= 0.6 is 0 Å². The van der Waals surface area contributed by atoms with E-state index in [9.17, 15) is 0 Å². The molecule has 0 spiro atoms. The van der Waals surface area contributed by atoms with Crippen molar-refractivity contribution >= 4 is 5.65 Å². The first-order valence-corrected chi connectivity index (χ1v) is 7.54. The molecular weight excluding hydrogens is 248 g/mol. The molecular formula is C16H24N4. The Morgan fingerprint density at radius 3 is 3.05 bits per heavy atom. The van der Waals surface area contributed by atoms with Crippen molar-refractivity contribution in [1.29, 1.82) is 0 Å². The van der Waals surface area contributed by atoms with Crippen LogP contribution in [0.25, 0.3) is 5.65 Å². The minimum absolute atomic E-state index is 0.293. The van der Waals surface area contributed by atoms with Gasteiger partial charge in [-0.2, -0.15) is 0 Å². The van der Waals surface area contributed by atoms with Crippen LogP contribution in [0.4, 0.5) is 0 Å². The maximum absolute atomic E-state index is 6.05. The lowest BCUT2D eigenvalue weighted by atomic mass is 9.92. The third-order valence-electron chi connectivity index (χ3n) is 4.32. The topological polar surface area (TPSA) is 46.6 Å². The first kappa shape index (κ1) is 13.6. The Labute approximate surface area is 120 Å². The molecule has 1 fully saturated rings. The Hall–Kier alpha value is -1.39. The summed E-state index contributed by atoms with van der Waals surface area (Å²) in [4.78, 5) is 7.20. The van der Waals surface area contributed by atoms with Crippen LogP contribution in [-0.4, -0.2) is 33.4 Å². The van der Waals surface area contributed by atoms with Crippen LogP contribution in [0.5, 0.6) is 0 Å². The van der Waals surface area contributed by atoms with Crippen molar-refractivity contribution in [2.24, 2.45) is 11.7 Å². The normalized spacial score (nSPS) is 22.2. The fourth-order valence-electron chi connectivity index (χ4n) is 3.12. The second kappa shape index (κ2) is 5.54. The highest BCUT2D eigenvalue weighted by Gasteiger charge is 2.23. The molecule has 1 saturated heterocycles. The summed E-state index contributed by atoms with van der Waals surface area (Å²) in [6.45, 7) is 7.43. The molecule has 108 valence electrons. The van der Waals surface area contributed by atoms with Gasteiger partial charge in [-0.25, -0.2) is 4.98 Å². The van der Waals surface area contributed by atoms with E-state index in [1.54, 1.807) is 0 Å². The van der Waals surface area contributed by atoms with E-state index >= 15 is 0 Å². The third kappa shape index (κ3) is 2.86. The summed E-state index contributed by atoms with van der Waals surface area (Å²) >= 11 is 0. The van der Waals surface area contributed by atoms with E-state index in [2.05, 4.69) is 47.7 Å². The van der Waals surface area contributed by atoms with Gasteiger partial charge in [0.2, 0.25) is 0 Å². The molecule has 3 heterocycles. The second-order valence-corrected chi connectivity index (χ2v) is 6.20. The molecule has 0 saturated carbocycles. The lowest BCUT2D eigenvalue weighted by Gasteiger charge is -2.34. The van der Waals surface area contributed by atoms with Crippen LogP contribution in [0.3, 0.4) is 0 Å². The Kier molecular flexibility index (Phi) is 3.76. The number of rotatable bonds is 3. The molecule has 2 aromatic heterocycles. The average molecular weight is 272 g/mol. The lowest BCUT2D eigenvalue weighted by Crippen LogP contribution is -2.41. The van der Waals surface area contributed by atoms with Crippen molar-refractivity contribution in [2.45, 2.75) is 39.3 Å². The summed E-state index contributed by atoms with van der Waals surface area (Å²) in [6.07, 6.45) is 6.79. The van der Waals surface area contributed by atoms with Crippen molar-refractivity contribution in [3.63, 3.8) is 0 Å². The Balaban J connectivity index is 1.72. The zero-order valence-corrected chi connectivity index (χ0v) is 12.4. The molecule has 1 aliphatic heterocycles. The Morgan fingerprint density at radius 2 is 2.25 bits per heavy atom. The number of pyridine rings is 1. The Bertz CT molecular complexity index is 587. The van der Waals surface area contributed by atoms with Gasteiger partial charge in [-0.3, -0.25) is 4.90 Å². The van der Waals surface area contributed by atoms with E-state index in [0.29, 0.717) is 12.0 Å². The third-order valence-corrected chi connectivity index (χ3v) is 4.32. The van der Waals surface area contributed by atoms with Gasteiger partial charge in [0.05, 0.1) is 5.69 Å². The van der Waals surface area contributed by atoms with E-state index in [4.69, 9.17) is 10.7 Å². The number of aromatic nitrogens is 2. The van der Waals surface area contributed by atoms with Gasteiger partial charge >= 0.3 is 0 Å². The number of hydrogen-bond acceptors (Lipinski definition) is 3. The van der Waals surface area contributed by atoms with E-state index in [1.165, 1.54) is 18.4 Å². The number of nitrogens with zero attached hydrogens (tertiary/aromatic N) is 3. The molecule has 2 unspecified atom stereocenters. The highest BCUT2D eigenvalue weighted by atomic mass is 15.2. The second-order valence-electron chi connectivity index (χ2n) is 6.20. The molecule has 3 rings (SSSR count). The number of likely N-dealkylation sites (tertiary alicyclic amines) is 1. The fraction of sp³-hybridized carbons (Fsp3) is 0.562. The van der Waals surface area contributed by atoms with Gasteiger partial charge in [0.25, 0.3) is 0 Å². The summed E-state index contributed by atoms with van der Waals surface area (Å²) in [7, 11) is 0. The molecule has 0 amide bonds. The molecule has 0 bridgehead atoms. The first-order valence-electron chi connectivity index (χ1n) is 7.54. The molecule has 2 atom stereocenters. The van der Waals surface area contributed by atoms with Crippen LogP contribution in [0.15, 0.2) is 24.5 Å². The quantitative estimate of drug-likeness (QED) is 0.932. The SMILES string of the molecule is Cc1ccc2nc(CN3CCCC(C(C)N)C3)cn2c1. The van der Waals surface area contributed by atoms with Crippen molar-refractivity contribution in [3.8, 4) is 0 Å². The van der Waals surface area contributed by atoms with E-state index in [-0.39, 0.29) is 0 Å². The molecule has 20 heavy (non-hydrogen) atoms. The minimum Gasteiger partial charge on any atom is -0.328 e. The van der Waals surface area contributed by atoms with Gasteiger partial charge in [-0.05, 0) is 50.8 Å². The maximum Gasteiger partial charge on any atom is 0.137 e. The largest absolute Gasteiger partial charge is 0.328 e. The summed E-state index contributed by atoms with van der Waals surface area (Å²) in [5.41, 5.74) is 9.50. The molecule has 2 N–H and O–H groups in total. The first-order chi connectivity index (χ1) is 9.61. The highest BCUT2D eigenvalue weighted by Crippen LogP contribution is 2.20. The molecule has 4 nitrogen and oxygen atoms in total. The van der Waals surface area contributed by atoms with E-state index in [0.717, 1.165) is 31.0 Å². The molecule has 0 aromatic carbocycles. The molecule has 1 aliphatic rings. The van der Waals surface area contributed by atoms with Crippen molar-refractivity contribution < 1.29 is 0 Å². The molecule has 4 heteroatoms. The Morgan fingerprint density at radius 1 is 1.40 bits per heavy atom. The lowest BCUT2D eigenvalue weighted by molar-refractivity contribution is 0.153. The summed E-state index contributed by atoms with van der Waals surface area (Å²) < 4.78 is 2.12. The van der Waals surface area contributed by atoms with Gasteiger partial charge in [-0.1, -0.05) is 6.07 Å². The smallest absolute Gasteiger partial charge is 0.137 e. The van der Waals surface area contributed by atoms with E-state index < -0.39 is 0 Å². The predicted molar refractivity (Wildman–Crippen MR) is 81.6 cm³/mol. The van der Waals surface area contributed by atoms with Crippen molar-refractivity contribution in [1.82, 2.24) is 14.3 Å². The van der Waals surface area contributed by atoms with Gasteiger partial charge in [0.1, 0.15) is 5.65 Å². The monoisotopic (exact) mass is 272 g/mol.